The lowest BCUT2D eigenvalue weighted by molar-refractivity contribution is -0.134. The van der Waals surface area contributed by atoms with Crippen molar-refractivity contribution in [1.82, 2.24) is 14.8 Å². The Bertz CT molecular complexity index is 1150. The molecule has 1 saturated heterocycles. The molecule has 0 spiro atoms. The highest BCUT2D eigenvalue weighted by Crippen LogP contribution is 2.39. The molecule has 1 saturated carbocycles. The van der Waals surface area contributed by atoms with E-state index >= 15 is 0 Å². The summed E-state index contributed by atoms with van der Waals surface area (Å²) in [6.07, 6.45) is 2.30. The third-order valence-corrected chi connectivity index (χ3v) is 6.23. The monoisotopic (exact) mass is 495 g/mol. The zero-order valence-electron chi connectivity index (χ0n) is 21.2. The lowest BCUT2D eigenvalue weighted by atomic mass is 10.1. The van der Waals surface area contributed by atoms with Crippen molar-refractivity contribution in [3.8, 4) is 5.88 Å². The highest BCUT2D eigenvalue weighted by atomic mass is 16.6. The van der Waals surface area contributed by atoms with Gasteiger partial charge >= 0.3 is 12.2 Å². The number of rotatable bonds is 6. The number of benzene rings is 1. The Morgan fingerprint density at radius 3 is 2.61 bits per heavy atom. The van der Waals surface area contributed by atoms with Gasteiger partial charge in [-0.25, -0.2) is 19.5 Å². The maximum atomic E-state index is 13.8. The van der Waals surface area contributed by atoms with Crippen LogP contribution in [0.5, 0.6) is 5.88 Å². The van der Waals surface area contributed by atoms with Crippen LogP contribution < -0.4 is 4.74 Å². The van der Waals surface area contributed by atoms with Crippen LogP contribution in [0.15, 0.2) is 49.2 Å². The summed E-state index contributed by atoms with van der Waals surface area (Å²) in [6.45, 7) is 11.0. The van der Waals surface area contributed by atoms with Gasteiger partial charge in [0.05, 0.1) is 19.2 Å². The van der Waals surface area contributed by atoms with E-state index in [4.69, 9.17) is 14.2 Å². The second kappa shape index (κ2) is 10.2. The topological polar surface area (TPSA) is 98.3 Å². The molecule has 0 radical (unpaired) electrons. The number of likely N-dealkylation sites (tertiary alicyclic amines) is 1. The first-order valence-corrected chi connectivity index (χ1v) is 12.2. The van der Waals surface area contributed by atoms with Crippen molar-refractivity contribution in [2.24, 2.45) is 5.92 Å². The second-order valence-corrected chi connectivity index (χ2v) is 10.1. The molecule has 1 aromatic carbocycles. The number of nitrogens with zero attached hydrogens (tertiary/aromatic N) is 3. The average molecular weight is 496 g/mol. The number of amides is 3. The molecule has 0 N–H and O–H groups in total. The number of imide groups is 1. The van der Waals surface area contributed by atoms with Gasteiger partial charge in [-0.3, -0.25) is 9.69 Å². The first kappa shape index (κ1) is 25.5. The van der Waals surface area contributed by atoms with Crippen LogP contribution in [0, 0.1) is 5.92 Å². The molecule has 2 fully saturated rings. The quantitative estimate of drug-likeness (QED) is 0.542. The van der Waals surface area contributed by atoms with Crippen LogP contribution in [0.1, 0.15) is 40.5 Å². The van der Waals surface area contributed by atoms with Crippen LogP contribution in [0.4, 0.5) is 9.59 Å². The van der Waals surface area contributed by atoms with E-state index in [-0.39, 0.29) is 31.5 Å². The number of carbonyl (C=O) groups is 3. The number of hydrogen-bond acceptors (Lipinski definition) is 7. The number of pyridine rings is 1. The van der Waals surface area contributed by atoms with Crippen LogP contribution >= 0.6 is 0 Å². The molecule has 1 aliphatic carbocycles. The molecule has 4 unspecified atom stereocenters. The smallest absolute Gasteiger partial charge is 0.416 e. The summed E-state index contributed by atoms with van der Waals surface area (Å²) in [5.74, 6) is -0.0844. The van der Waals surface area contributed by atoms with Crippen molar-refractivity contribution >= 4 is 28.9 Å². The first-order chi connectivity index (χ1) is 17.1. The third-order valence-electron chi connectivity index (χ3n) is 6.23. The molecule has 1 aliphatic heterocycles. The van der Waals surface area contributed by atoms with E-state index in [1.807, 2.05) is 30.3 Å². The Morgan fingerprint density at radius 2 is 1.94 bits per heavy atom. The van der Waals surface area contributed by atoms with Crippen molar-refractivity contribution in [3.63, 3.8) is 0 Å². The summed E-state index contributed by atoms with van der Waals surface area (Å²) in [4.78, 5) is 46.5. The summed E-state index contributed by atoms with van der Waals surface area (Å²) in [6, 6.07) is 8.29. The van der Waals surface area contributed by atoms with Gasteiger partial charge in [0, 0.05) is 18.0 Å². The predicted octanol–water partition coefficient (Wildman–Crippen LogP) is 4.55. The van der Waals surface area contributed by atoms with Gasteiger partial charge in [0.2, 0.25) is 5.88 Å². The number of carbonyl (C=O) groups excluding carboxylic acids is 3. The standard InChI is InChI=1S/C27H33N3O6/c1-6-17-14-21(17)30(26(33)34-7-2)24(31)22-15-19(16-29(22)25(32)36-27(3,4)5)35-23-20-11-9-8-10-18(20)12-13-28-23/h6,8-13,17,19,21-22H,1,7,14-16H2,2-5H3. The molecule has 3 amide bonds. The molecule has 2 aromatic rings. The Balaban J connectivity index is 1.61. The highest BCUT2D eigenvalue weighted by Gasteiger charge is 2.51. The van der Waals surface area contributed by atoms with Gasteiger partial charge in [0.1, 0.15) is 17.7 Å². The minimum absolute atomic E-state index is 0.00154. The van der Waals surface area contributed by atoms with Gasteiger partial charge in [0.15, 0.2) is 0 Å². The molecular weight excluding hydrogens is 462 g/mol. The van der Waals surface area contributed by atoms with Crippen molar-refractivity contribution in [3.05, 3.63) is 49.2 Å². The zero-order valence-corrected chi connectivity index (χ0v) is 21.2. The Labute approximate surface area is 211 Å². The fraction of sp³-hybridized carbons (Fsp3) is 0.481. The minimum Gasteiger partial charge on any atom is -0.472 e. The van der Waals surface area contributed by atoms with Gasteiger partial charge < -0.3 is 14.2 Å². The summed E-state index contributed by atoms with van der Waals surface area (Å²) in [5.41, 5.74) is -0.758. The van der Waals surface area contributed by atoms with Gasteiger partial charge in [-0.2, -0.15) is 0 Å². The van der Waals surface area contributed by atoms with E-state index in [1.54, 1.807) is 40.0 Å². The van der Waals surface area contributed by atoms with Crippen LogP contribution in [-0.4, -0.2) is 69.8 Å². The molecule has 4 atom stereocenters. The maximum Gasteiger partial charge on any atom is 0.416 e. The number of hydrogen-bond donors (Lipinski definition) is 0. The van der Waals surface area contributed by atoms with E-state index in [1.165, 1.54) is 4.90 Å². The molecule has 0 bridgehead atoms. The Hall–Kier alpha value is -3.62. The predicted molar refractivity (Wildman–Crippen MR) is 133 cm³/mol. The zero-order chi connectivity index (χ0) is 26.0. The summed E-state index contributed by atoms with van der Waals surface area (Å²) in [7, 11) is 0. The highest BCUT2D eigenvalue weighted by molar-refractivity contribution is 5.97. The van der Waals surface area contributed by atoms with Crippen LogP contribution in [-0.2, 0) is 14.3 Å². The van der Waals surface area contributed by atoms with Crippen LogP contribution in [0.2, 0.25) is 0 Å². The molecule has 192 valence electrons. The summed E-state index contributed by atoms with van der Waals surface area (Å²) < 4.78 is 17.0. The minimum atomic E-state index is -0.949. The molecular formula is C27H33N3O6. The Morgan fingerprint density at radius 1 is 1.19 bits per heavy atom. The van der Waals surface area contributed by atoms with E-state index in [2.05, 4.69) is 11.6 Å². The molecule has 2 heterocycles. The fourth-order valence-corrected chi connectivity index (χ4v) is 4.48. The molecule has 9 nitrogen and oxygen atoms in total. The second-order valence-electron chi connectivity index (χ2n) is 10.1. The largest absolute Gasteiger partial charge is 0.472 e. The van der Waals surface area contributed by atoms with E-state index < -0.39 is 35.8 Å². The molecule has 2 aliphatic rings. The van der Waals surface area contributed by atoms with Gasteiger partial charge in [-0.15, -0.1) is 6.58 Å². The van der Waals surface area contributed by atoms with Gasteiger partial charge in [0.25, 0.3) is 5.91 Å². The fourth-order valence-electron chi connectivity index (χ4n) is 4.48. The van der Waals surface area contributed by atoms with Gasteiger partial charge in [-0.1, -0.05) is 24.3 Å². The number of aromatic nitrogens is 1. The first-order valence-electron chi connectivity index (χ1n) is 12.2. The van der Waals surface area contributed by atoms with Crippen molar-refractivity contribution in [2.75, 3.05) is 13.2 Å². The lowest BCUT2D eigenvalue weighted by Gasteiger charge is -2.30. The normalized spacial score (nSPS) is 23.2. The molecule has 9 heteroatoms. The maximum absolute atomic E-state index is 13.8. The molecule has 4 rings (SSSR count). The van der Waals surface area contributed by atoms with Gasteiger partial charge in [-0.05, 0) is 57.6 Å². The summed E-state index contributed by atoms with van der Waals surface area (Å²) >= 11 is 0. The van der Waals surface area contributed by atoms with E-state index in [9.17, 15) is 14.4 Å². The third kappa shape index (κ3) is 5.45. The summed E-state index contributed by atoms with van der Waals surface area (Å²) in [5, 5.41) is 1.80. The van der Waals surface area contributed by atoms with Crippen LogP contribution in [0.25, 0.3) is 10.8 Å². The SMILES string of the molecule is C=CC1CC1N(C(=O)OCC)C(=O)C1CC(Oc2nccc3ccccc23)CN1C(=O)OC(C)(C)C. The number of fused-ring (bicyclic) bond motifs is 1. The van der Waals surface area contributed by atoms with E-state index in [0.29, 0.717) is 12.3 Å². The van der Waals surface area contributed by atoms with Crippen molar-refractivity contribution in [1.29, 1.82) is 0 Å². The Kier molecular flexibility index (Phi) is 7.19. The van der Waals surface area contributed by atoms with E-state index in [0.717, 1.165) is 15.7 Å². The number of ether oxygens (including phenoxy) is 3. The lowest BCUT2D eigenvalue weighted by Crippen LogP contribution is -2.52. The van der Waals surface area contributed by atoms with Crippen molar-refractivity contribution in [2.45, 2.75) is 64.3 Å². The molecule has 36 heavy (non-hydrogen) atoms. The molecule has 1 aromatic heterocycles. The average Bonchev–Trinajstić information content (AvgIpc) is 3.46. The van der Waals surface area contributed by atoms with Crippen molar-refractivity contribution < 1.29 is 28.6 Å². The van der Waals surface area contributed by atoms with Crippen LogP contribution in [0.3, 0.4) is 0 Å².